The number of aliphatic imine (C=N–C) groups is 1. The fourth-order valence-electron chi connectivity index (χ4n) is 1.70. The average Bonchev–Trinajstić information content (AvgIpc) is 2.31. The van der Waals surface area contributed by atoms with E-state index in [2.05, 4.69) is 15.3 Å². The molecule has 3 N–H and O–H groups in total. The summed E-state index contributed by atoms with van der Waals surface area (Å²) in [6.07, 6.45) is -1.16. The van der Waals surface area contributed by atoms with Crippen LogP contribution in [0.3, 0.4) is 0 Å². The number of halogens is 3. The van der Waals surface area contributed by atoms with Gasteiger partial charge < -0.3 is 11.1 Å². The number of pyridine rings is 1. The lowest BCUT2D eigenvalue weighted by molar-refractivity contribution is -0.141. The third kappa shape index (κ3) is 3.84. The van der Waals surface area contributed by atoms with Crippen molar-refractivity contribution in [3.63, 3.8) is 0 Å². The number of nitrogens with two attached hydrogens (primary N) is 1. The van der Waals surface area contributed by atoms with Crippen molar-refractivity contribution >= 4 is 5.96 Å². The van der Waals surface area contributed by atoms with E-state index in [0.717, 1.165) is 18.9 Å². The molecule has 0 bridgehead atoms. The summed E-state index contributed by atoms with van der Waals surface area (Å²) in [4.78, 5) is 7.51. The molecule has 7 heteroatoms. The van der Waals surface area contributed by atoms with E-state index >= 15 is 0 Å². The first-order valence-corrected chi connectivity index (χ1v) is 6.05. The van der Waals surface area contributed by atoms with E-state index in [1.54, 1.807) is 0 Å². The number of hydrogen-bond donors (Lipinski definition) is 2. The molecule has 1 aliphatic rings. The normalized spacial score (nSPS) is 17.1. The minimum atomic E-state index is -4.44. The van der Waals surface area contributed by atoms with Crippen molar-refractivity contribution in [3.8, 4) is 0 Å². The Morgan fingerprint density at radius 1 is 1.42 bits per heavy atom. The predicted molar refractivity (Wildman–Crippen MR) is 65.3 cm³/mol. The van der Waals surface area contributed by atoms with Gasteiger partial charge >= 0.3 is 6.18 Å². The van der Waals surface area contributed by atoms with E-state index in [1.807, 2.05) is 0 Å². The zero-order chi connectivity index (χ0) is 13.9. The van der Waals surface area contributed by atoms with Crippen LogP contribution in [-0.4, -0.2) is 17.0 Å². The maximum Gasteiger partial charge on any atom is 0.433 e. The SMILES string of the molecule is NC(=NCc1cccc(C(F)(F)F)n1)NC1CCC1. The van der Waals surface area contributed by atoms with Gasteiger partial charge in [-0.2, -0.15) is 13.2 Å². The number of nitrogens with one attached hydrogen (secondary N) is 1. The topological polar surface area (TPSA) is 63.3 Å². The van der Waals surface area contributed by atoms with Crippen molar-refractivity contribution in [2.24, 2.45) is 10.7 Å². The lowest BCUT2D eigenvalue weighted by atomic mass is 9.93. The second-order valence-corrected chi connectivity index (χ2v) is 4.49. The van der Waals surface area contributed by atoms with Crippen LogP contribution in [0.5, 0.6) is 0 Å². The Balaban J connectivity index is 1.96. The molecule has 1 saturated carbocycles. The van der Waals surface area contributed by atoms with Gasteiger partial charge in [0.2, 0.25) is 0 Å². The second-order valence-electron chi connectivity index (χ2n) is 4.49. The van der Waals surface area contributed by atoms with Crippen LogP contribution in [0.2, 0.25) is 0 Å². The minimum Gasteiger partial charge on any atom is -0.370 e. The number of hydrogen-bond acceptors (Lipinski definition) is 2. The summed E-state index contributed by atoms with van der Waals surface area (Å²) in [5.41, 5.74) is 4.98. The van der Waals surface area contributed by atoms with Crippen LogP contribution in [0.1, 0.15) is 30.7 Å². The van der Waals surface area contributed by atoms with E-state index in [9.17, 15) is 13.2 Å². The molecule has 0 aromatic carbocycles. The summed E-state index contributed by atoms with van der Waals surface area (Å²) >= 11 is 0. The summed E-state index contributed by atoms with van der Waals surface area (Å²) < 4.78 is 37.4. The average molecular weight is 272 g/mol. The Hall–Kier alpha value is -1.79. The molecule has 0 unspecified atom stereocenters. The highest BCUT2D eigenvalue weighted by Crippen LogP contribution is 2.27. The Bertz CT molecular complexity index is 466. The van der Waals surface area contributed by atoms with Crippen molar-refractivity contribution in [3.05, 3.63) is 29.6 Å². The first-order chi connectivity index (χ1) is 8.95. The van der Waals surface area contributed by atoms with Crippen molar-refractivity contribution in [1.82, 2.24) is 10.3 Å². The van der Waals surface area contributed by atoms with E-state index < -0.39 is 11.9 Å². The van der Waals surface area contributed by atoms with Gasteiger partial charge in [-0.15, -0.1) is 0 Å². The minimum absolute atomic E-state index is 0.0372. The smallest absolute Gasteiger partial charge is 0.370 e. The molecule has 4 nitrogen and oxygen atoms in total. The number of rotatable bonds is 3. The van der Waals surface area contributed by atoms with Crippen molar-refractivity contribution in [1.29, 1.82) is 0 Å². The van der Waals surface area contributed by atoms with E-state index in [4.69, 9.17) is 5.73 Å². The number of nitrogens with zero attached hydrogens (tertiary/aromatic N) is 2. The molecule has 1 aliphatic carbocycles. The second kappa shape index (κ2) is 5.46. The summed E-state index contributed by atoms with van der Waals surface area (Å²) in [6.45, 7) is 0.0372. The van der Waals surface area contributed by atoms with E-state index in [0.29, 0.717) is 6.04 Å². The quantitative estimate of drug-likeness (QED) is 0.654. The van der Waals surface area contributed by atoms with E-state index in [1.165, 1.54) is 18.6 Å². The van der Waals surface area contributed by atoms with Crippen molar-refractivity contribution in [2.75, 3.05) is 0 Å². The van der Waals surface area contributed by atoms with Gasteiger partial charge in [-0.25, -0.2) is 9.98 Å². The molecular weight excluding hydrogens is 257 g/mol. The van der Waals surface area contributed by atoms with Gasteiger partial charge in [0.1, 0.15) is 5.69 Å². The van der Waals surface area contributed by atoms with Gasteiger partial charge in [-0.05, 0) is 31.4 Å². The summed E-state index contributed by atoms with van der Waals surface area (Å²) in [7, 11) is 0. The molecule has 1 heterocycles. The Morgan fingerprint density at radius 3 is 2.74 bits per heavy atom. The molecule has 0 amide bonds. The van der Waals surface area contributed by atoms with Gasteiger partial charge in [0, 0.05) is 6.04 Å². The molecule has 19 heavy (non-hydrogen) atoms. The molecule has 2 rings (SSSR count). The highest BCUT2D eigenvalue weighted by Gasteiger charge is 2.32. The van der Waals surface area contributed by atoms with E-state index in [-0.39, 0.29) is 18.2 Å². The van der Waals surface area contributed by atoms with Gasteiger partial charge in [-0.3, -0.25) is 0 Å². The Morgan fingerprint density at radius 2 is 2.16 bits per heavy atom. The molecule has 0 aliphatic heterocycles. The highest BCUT2D eigenvalue weighted by atomic mass is 19.4. The molecule has 0 radical (unpaired) electrons. The van der Waals surface area contributed by atoms with Crippen LogP contribution in [-0.2, 0) is 12.7 Å². The number of guanidine groups is 1. The monoisotopic (exact) mass is 272 g/mol. The molecule has 1 fully saturated rings. The fourth-order valence-corrected chi connectivity index (χ4v) is 1.70. The maximum atomic E-state index is 12.5. The van der Waals surface area contributed by atoms with Crippen LogP contribution in [0.4, 0.5) is 13.2 Å². The first kappa shape index (κ1) is 13.6. The molecule has 1 aromatic rings. The summed E-state index contributed by atoms with van der Waals surface area (Å²) in [6, 6.07) is 4.09. The van der Waals surface area contributed by atoms with Gasteiger partial charge in [-0.1, -0.05) is 6.07 Å². The Labute approximate surface area is 108 Å². The number of alkyl halides is 3. The molecule has 0 saturated heterocycles. The zero-order valence-corrected chi connectivity index (χ0v) is 10.2. The molecular formula is C12H15F3N4. The third-order valence-corrected chi connectivity index (χ3v) is 2.97. The van der Waals surface area contributed by atoms with Gasteiger partial charge in [0.05, 0.1) is 12.2 Å². The number of aromatic nitrogens is 1. The summed E-state index contributed by atoms with van der Waals surface area (Å²) in [5.74, 6) is 0.254. The Kier molecular flexibility index (Phi) is 3.92. The molecule has 0 spiro atoms. The van der Waals surface area contributed by atoms with Crippen molar-refractivity contribution < 1.29 is 13.2 Å². The standard InChI is InChI=1S/C12H15F3N4/c13-12(14,15)10-6-2-5-9(18-10)7-17-11(16)19-8-3-1-4-8/h2,5-6,8H,1,3-4,7H2,(H3,16,17,19). The lowest BCUT2D eigenvalue weighted by Gasteiger charge is -2.26. The molecule has 1 aromatic heterocycles. The van der Waals surface area contributed by atoms with Crippen LogP contribution >= 0.6 is 0 Å². The van der Waals surface area contributed by atoms with Gasteiger partial charge in [0.25, 0.3) is 0 Å². The summed E-state index contributed by atoms with van der Waals surface area (Å²) in [5, 5.41) is 3.01. The molecule has 104 valence electrons. The fraction of sp³-hybridized carbons (Fsp3) is 0.500. The van der Waals surface area contributed by atoms with Gasteiger partial charge in [0.15, 0.2) is 5.96 Å². The maximum absolute atomic E-state index is 12.5. The zero-order valence-electron chi connectivity index (χ0n) is 10.2. The van der Waals surface area contributed by atoms with Crippen LogP contribution in [0.25, 0.3) is 0 Å². The predicted octanol–water partition coefficient (Wildman–Crippen LogP) is 2.06. The van der Waals surface area contributed by atoms with Crippen LogP contribution in [0, 0.1) is 0 Å². The third-order valence-electron chi connectivity index (χ3n) is 2.97. The van der Waals surface area contributed by atoms with Crippen LogP contribution < -0.4 is 11.1 Å². The largest absolute Gasteiger partial charge is 0.433 e. The van der Waals surface area contributed by atoms with Crippen molar-refractivity contribution in [2.45, 2.75) is 38.0 Å². The molecule has 0 atom stereocenters. The first-order valence-electron chi connectivity index (χ1n) is 6.05. The highest BCUT2D eigenvalue weighted by molar-refractivity contribution is 5.78. The lowest BCUT2D eigenvalue weighted by Crippen LogP contribution is -2.43. The van der Waals surface area contributed by atoms with Crippen LogP contribution in [0.15, 0.2) is 23.2 Å².